The number of hydrogen-bond donors (Lipinski definition) is 1. The second-order valence-corrected chi connectivity index (χ2v) is 7.65. The van der Waals surface area contributed by atoms with Gasteiger partial charge in [0.15, 0.2) is 0 Å². The number of amides is 1. The summed E-state index contributed by atoms with van der Waals surface area (Å²) in [7, 11) is 0. The summed E-state index contributed by atoms with van der Waals surface area (Å²) in [6.45, 7) is 9.39. The van der Waals surface area contributed by atoms with Gasteiger partial charge in [0, 0.05) is 25.7 Å². The summed E-state index contributed by atoms with van der Waals surface area (Å²) in [4.78, 5) is 16.6. The Morgan fingerprint density at radius 1 is 1.18 bits per heavy atom. The highest BCUT2D eigenvalue weighted by Gasteiger charge is 2.35. The molecule has 22 heavy (non-hydrogen) atoms. The Hall–Kier alpha value is -0.810. The molecule has 2 heterocycles. The summed E-state index contributed by atoms with van der Waals surface area (Å²) >= 11 is 0. The molecule has 0 aliphatic carbocycles. The van der Waals surface area contributed by atoms with E-state index in [-0.39, 0.29) is 12.7 Å². The molecule has 2 rings (SSSR count). The van der Waals surface area contributed by atoms with Crippen LogP contribution in [0.15, 0.2) is 0 Å². The predicted molar refractivity (Wildman–Crippen MR) is 86.8 cm³/mol. The van der Waals surface area contributed by atoms with Crippen LogP contribution >= 0.6 is 0 Å². The highest BCUT2D eigenvalue weighted by Crippen LogP contribution is 2.30. The van der Waals surface area contributed by atoms with E-state index >= 15 is 0 Å². The SMILES string of the molecule is CC(C)(C)OC(=O)N1CCC[C@H]([C@H]2CCCCN2CCO)C1. The first-order valence-corrected chi connectivity index (χ1v) is 8.73. The smallest absolute Gasteiger partial charge is 0.410 e. The topological polar surface area (TPSA) is 53.0 Å². The van der Waals surface area contributed by atoms with Gasteiger partial charge in [-0.3, -0.25) is 4.90 Å². The lowest BCUT2D eigenvalue weighted by molar-refractivity contribution is 0.00263. The van der Waals surface area contributed by atoms with Gasteiger partial charge < -0.3 is 14.7 Å². The zero-order valence-corrected chi connectivity index (χ0v) is 14.4. The minimum absolute atomic E-state index is 0.179. The number of carbonyl (C=O) groups excluding carboxylic acids is 1. The summed E-state index contributed by atoms with van der Waals surface area (Å²) < 4.78 is 5.52. The lowest BCUT2D eigenvalue weighted by Gasteiger charge is -2.44. The lowest BCUT2D eigenvalue weighted by Crippen LogP contribution is -2.52. The molecule has 0 spiro atoms. The van der Waals surface area contributed by atoms with Crippen molar-refractivity contribution in [2.45, 2.75) is 64.5 Å². The summed E-state index contributed by atoms with van der Waals surface area (Å²) in [5, 5.41) is 9.28. The van der Waals surface area contributed by atoms with E-state index in [0.29, 0.717) is 12.0 Å². The molecule has 0 unspecified atom stereocenters. The molecule has 0 bridgehead atoms. The molecule has 5 nitrogen and oxygen atoms in total. The number of aliphatic hydroxyl groups excluding tert-OH is 1. The molecule has 0 aromatic carbocycles. The molecule has 5 heteroatoms. The zero-order chi connectivity index (χ0) is 16.2. The Balaban J connectivity index is 1.95. The van der Waals surface area contributed by atoms with Gasteiger partial charge in [-0.25, -0.2) is 4.79 Å². The molecule has 2 aliphatic heterocycles. The van der Waals surface area contributed by atoms with Crippen molar-refractivity contribution in [1.29, 1.82) is 0 Å². The summed E-state index contributed by atoms with van der Waals surface area (Å²) in [6, 6.07) is 0.506. The number of hydrogen-bond acceptors (Lipinski definition) is 4. The molecule has 2 fully saturated rings. The molecular weight excluding hydrogens is 280 g/mol. The average Bonchev–Trinajstić information content (AvgIpc) is 2.46. The number of β-amino-alcohol motifs (C(OH)–C–C–N with tert-alkyl or cyclic N) is 1. The Morgan fingerprint density at radius 2 is 1.95 bits per heavy atom. The van der Waals surface area contributed by atoms with Crippen LogP contribution in [0.25, 0.3) is 0 Å². The number of aliphatic hydroxyl groups is 1. The second kappa shape index (κ2) is 7.64. The fourth-order valence-corrected chi connectivity index (χ4v) is 3.77. The van der Waals surface area contributed by atoms with Crippen LogP contribution in [0.2, 0.25) is 0 Å². The van der Waals surface area contributed by atoms with Crippen LogP contribution in [-0.4, -0.2) is 65.4 Å². The molecule has 2 aliphatic rings. The molecule has 2 saturated heterocycles. The monoisotopic (exact) mass is 312 g/mol. The largest absolute Gasteiger partial charge is 0.444 e. The van der Waals surface area contributed by atoms with Gasteiger partial charge in [-0.1, -0.05) is 6.42 Å². The lowest BCUT2D eigenvalue weighted by atomic mass is 9.84. The summed E-state index contributed by atoms with van der Waals surface area (Å²) in [5.74, 6) is 0.508. The van der Waals surface area contributed by atoms with E-state index in [1.54, 1.807) is 0 Å². The van der Waals surface area contributed by atoms with Gasteiger partial charge in [-0.05, 0) is 58.9 Å². The van der Waals surface area contributed by atoms with E-state index in [9.17, 15) is 9.90 Å². The van der Waals surface area contributed by atoms with Crippen molar-refractivity contribution < 1.29 is 14.6 Å². The Labute approximate surface area is 134 Å². The fraction of sp³-hybridized carbons (Fsp3) is 0.941. The third-order valence-corrected chi connectivity index (χ3v) is 4.71. The first-order valence-electron chi connectivity index (χ1n) is 8.73. The van der Waals surface area contributed by atoms with E-state index in [4.69, 9.17) is 4.74 Å². The molecule has 1 amide bonds. The number of piperidine rings is 2. The molecule has 0 aromatic heterocycles. The first kappa shape index (κ1) is 17.5. The molecule has 0 radical (unpaired) electrons. The zero-order valence-electron chi connectivity index (χ0n) is 14.4. The molecule has 1 N–H and O–H groups in total. The minimum Gasteiger partial charge on any atom is -0.444 e. The van der Waals surface area contributed by atoms with Crippen LogP contribution in [0.3, 0.4) is 0 Å². The number of carbonyl (C=O) groups is 1. The molecule has 0 saturated carbocycles. The van der Waals surface area contributed by atoms with E-state index in [1.165, 1.54) is 25.7 Å². The van der Waals surface area contributed by atoms with Crippen LogP contribution in [0.1, 0.15) is 52.9 Å². The van der Waals surface area contributed by atoms with E-state index < -0.39 is 5.60 Å². The van der Waals surface area contributed by atoms with Crippen molar-refractivity contribution in [2.75, 3.05) is 32.8 Å². The average molecular weight is 312 g/mol. The van der Waals surface area contributed by atoms with Crippen molar-refractivity contribution in [2.24, 2.45) is 5.92 Å². The van der Waals surface area contributed by atoms with E-state index in [1.807, 2.05) is 25.7 Å². The fourth-order valence-electron chi connectivity index (χ4n) is 3.77. The summed E-state index contributed by atoms with van der Waals surface area (Å²) in [6.07, 6.45) is 5.71. The highest BCUT2D eigenvalue weighted by molar-refractivity contribution is 5.68. The van der Waals surface area contributed by atoms with Crippen molar-refractivity contribution >= 4 is 6.09 Å². The first-order chi connectivity index (χ1) is 10.4. The van der Waals surface area contributed by atoms with Crippen LogP contribution in [-0.2, 0) is 4.74 Å². The minimum atomic E-state index is -0.433. The third kappa shape index (κ3) is 4.85. The van der Waals surface area contributed by atoms with Crippen LogP contribution < -0.4 is 0 Å². The number of rotatable bonds is 3. The van der Waals surface area contributed by atoms with Crippen LogP contribution in [0.4, 0.5) is 4.79 Å². The van der Waals surface area contributed by atoms with Gasteiger partial charge in [0.2, 0.25) is 0 Å². The number of ether oxygens (including phenoxy) is 1. The van der Waals surface area contributed by atoms with Gasteiger partial charge >= 0.3 is 6.09 Å². The van der Waals surface area contributed by atoms with Crippen molar-refractivity contribution in [3.8, 4) is 0 Å². The Bertz CT molecular complexity index is 365. The van der Waals surface area contributed by atoms with Gasteiger partial charge in [0.25, 0.3) is 0 Å². The quantitative estimate of drug-likeness (QED) is 0.870. The maximum atomic E-state index is 12.3. The molecular formula is C17H32N2O3. The molecule has 128 valence electrons. The Kier molecular flexibility index (Phi) is 6.09. The molecule has 0 aromatic rings. The van der Waals surface area contributed by atoms with Gasteiger partial charge in [-0.15, -0.1) is 0 Å². The normalized spacial score (nSPS) is 27.7. The number of likely N-dealkylation sites (tertiary alicyclic amines) is 2. The van der Waals surface area contributed by atoms with Crippen molar-refractivity contribution in [3.63, 3.8) is 0 Å². The standard InChI is InChI=1S/C17H32N2O3/c1-17(2,3)22-16(21)19-10-6-7-14(13-19)15-8-4-5-9-18(15)11-12-20/h14-15,20H,4-13H2,1-3H3/t14-,15+/m0/s1. The summed E-state index contributed by atoms with van der Waals surface area (Å²) in [5.41, 5.74) is -0.433. The number of nitrogens with zero attached hydrogens (tertiary/aromatic N) is 2. The van der Waals surface area contributed by atoms with Crippen LogP contribution in [0.5, 0.6) is 0 Å². The second-order valence-electron chi connectivity index (χ2n) is 7.65. The Morgan fingerprint density at radius 3 is 2.64 bits per heavy atom. The van der Waals surface area contributed by atoms with Crippen LogP contribution in [0, 0.1) is 5.92 Å². The highest BCUT2D eigenvalue weighted by atomic mass is 16.6. The van der Waals surface area contributed by atoms with Crippen molar-refractivity contribution in [1.82, 2.24) is 9.80 Å². The van der Waals surface area contributed by atoms with Crippen molar-refractivity contribution in [3.05, 3.63) is 0 Å². The maximum absolute atomic E-state index is 12.3. The van der Waals surface area contributed by atoms with Gasteiger partial charge in [-0.2, -0.15) is 0 Å². The van der Waals surface area contributed by atoms with Gasteiger partial charge in [0.1, 0.15) is 5.60 Å². The van der Waals surface area contributed by atoms with E-state index in [2.05, 4.69) is 4.90 Å². The predicted octanol–water partition coefficient (Wildman–Crippen LogP) is 2.48. The van der Waals surface area contributed by atoms with E-state index in [0.717, 1.165) is 32.6 Å². The third-order valence-electron chi connectivity index (χ3n) is 4.71. The maximum Gasteiger partial charge on any atom is 0.410 e. The van der Waals surface area contributed by atoms with Gasteiger partial charge in [0.05, 0.1) is 6.61 Å². The molecule has 2 atom stereocenters.